The predicted molar refractivity (Wildman–Crippen MR) is 78.8 cm³/mol. The Kier molecular flexibility index (Phi) is 4.11. The van der Waals surface area contributed by atoms with Gasteiger partial charge >= 0.3 is 0 Å². The molecular weight excluding hydrogens is 218 g/mol. The largest absolute Gasteiger partial charge is 0.307 e. The van der Waals surface area contributed by atoms with Crippen molar-refractivity contribution in [3.8, 4) is 0 Å². The monoisotopic (exact) mass is 245 g/mol. The number of hydrogen-bond donors (Lipinski definition) is 1. The quantitative estimate of drug-likeness (QED) is 0.819. The first-order valence-corrected chi connectivity index (χ1v) is 7.29. The fourth-order valence-electron chi connectivity index (χ4n) is 3.08. The van der Waals surface area contributed by atoms with Crippen LogP contribution < -0.4 is 5.32 Å². The minimum atomic E-state index is 0.470. The maximum Gasteiger partial charge on any atom is 0.0296 e. The van der Waals surface area contributed by atoms with Gasteiger partial charge in [0, 0.05) is 12.1 Å². The molecule has 2 rings (SSSR count). The lowest BCUT2D eigenvalue weighted by Crippen LogP contribution is -2.37. The molecule has 1 atom stereocenters. The third-order valence-corrected chi connectivity index (χ3v) is 4.48. The molecule has 100 valence electrons. The van der Waals surface area contributed by atoms with Crippen LogP contribution in [0.1, 0.15) is 63.6 Å². The van der Waals surface area contributed by atoms with E-state index in [1.165, 1.54) is 36.8 Å². The fraction of sp³-hybridized carbons (Fsp3) is 0.647. The Morgan fingerprint density at radius 1 is 1.17 bits per heavy atom. The van der Waals surface area contributed by atoms with Crippen LogP contribution in [0.25, 0.3) is 0 Å². The first kappa shape index (κ1) is 13.6. The highest BCUT2D eigenvalue weighted by Crippen LogP contribution is 2.35. The third-order valence-electron chi connectivity index (χ3n) is 4.48. The number of aryl methyl sites for hydroxylation is 1. The highest BCUT2D eigenvalue weighted by Gasteiger charge is 2.27. The van der Waals surface area contributed by atoms with E-state index in [-0.39, 0.29) is 0 Å². The molecular formula is C17H27N. The fourth-order valence-corrected chi connectivity index (χ4v) is 3.08. The van der Waals surface area contributed by atoms with Gasteiger partial charge in [0.2, 0.25) is 0 Å². The van der Waals surface area contributed by atoms with Crippen LogP contribution in [0.3, 0.4) is 0 Å². The first-order chi connectivity index (χ1) is 8.48. The first-order valence-electron chi connectivity index (χ1n) is 7.29. The van der Waals surface area contributed by atoms with E-state index in [9.17, 15) is 0 Å². The van der Waals surface area contributed by atoms with Crippen molar-refractivity contribution in [1.29, 1.82) is 0 Å². The molecule has 18 heavy (non-hydrogen) atoms. The van der Waals surface area contributed by atoms with Gasteiger partial charge in [0.25, 0.3) is 0 Å². The van der Waals surface area contributed by atoms with E-state index >= 15 is 0 Å². The summed E-state index contributed by atoms with van der Waals surface area (Å²) in [6.07, 6.45) is 5.35. The molecule has 1 aliphatic rings. The van der Waals surface area contributed by atoms with Gasteiger partial charge in [-0.15, -0.1) is 0 Å². The number of hydrogen-bond acceptors (Lipinski definition) is 1. The van der Waals surface area contributed by atoms with Crippen LogP contribution in [-0.4, -0.2) is 6.04 Å². The van der Waals surface area contributed by atoms with Gasteiger partial charge < -0.3 is 5.32 Å². The topological polar surface area (TPSA) is 12.0 Å². The van der Waals surface area contributed by atoms with E-state index < -0.39 is 0 Å². The Labute approximate surface area is 112 Å². The Morgan fingerprint density at radius 2 is 1.78 bits per heavy atom. The standard InChI is InChI=1S/C17H27N/c1-13-7-5-6-8-16(13)14(2)18-15-9-11-17(3,4)12-10-15/h5-8,14-15,18H,9-12H2,1-4H3/t14-/m1/s1. The van der Waals surface area contributed by atoms with Crippen molar-refractivity contribution >= 4 is 0 Å². The highest BCUT2D eigenvalue weighted by molar-refractivity contribution is 5.28. The average molecular weight is 245 g/mol. The molecule has 1 aliphatic carbocycles. The van der Waals surface area contributed by atoms with Crippen molar-refractivity contribution in [2.24, 2.45) is 5.41 Å². The van der Waals surface area contributed by atoms with Crippen molar-refractivity contribution in [2.75, 3.05) is 0 Å². The zero-order chi connectivity index (χ0) is 13.2. The molecule has 0 bridgehead atoms. The number of nitrogens with one attached hydrogen (secondary N) is 1. The molecule has 1 saturated carbocycles. The van der Waals surface area contributed by atoms with E-state index in [2.05, 4.69) is 57.3 Å². The molecule has 1 nitrogen and oxygen atoms in total. The second-order valence-corrected chi connectivity index (χ2v) is 6.68. The van der Waals surface area contributed by atoms with Gasteiger partial charge in [0.15, 0.2) is 0 Å². The molecule has 1 aromatic carbocycles. The van der Waals surface area contributed by atoms with Crippen molar-refractivity contribution in [3.05, 3.63) is 35.4 Å². The smallest absolute Gasteiger partial charge is 0.0296 e. The Balaban J connectivity index is 1.93. The molecule has 0 aliphatic heterocycles. The molecule has 0 aromatic heterocycles. The van der Waals surface area contributed by atoms with Gasteiger partial charge in [0.05, 0.1) is 0 Å². The van der Waals surface area contributed by atoms with Crippen LogP contribution in [-0.2, 0) is 0 Å². The number of benzene rings is 1. The minimum absolute atomic E-state index is 0.470. The van der Waals surface area contributed by atoms with Crippen LogP contribution in [0, 0.1) is 12.3 Å². The molecule has 0 saturated heterocycles. The second-order valence-electron chi connectivity index (χ2n) is 6.68. The summed E-state index contributed by atoms with van der Waals surface area (Å²) in [5, 5.41) is 3.81. The molecule has 0 spiro atoms. The van der Waals surface area contributed by atoms with Gasteiger partial charge in [-0.25, -0.2) is 0 Å². The second kappa shape index (κ2) is 5.44. The summed E-state index contributed by atoms with van der Waals surface area (Å²) in [6.45, 7) is 9.29. The van der Waals surface area contributed by atoms with E-state index in [0.717, 1.165) is 0 Å². The van der Waals surface area contributed by atoms with Gasteiger partial charge in [0.1, 0.15) is 0 Å². The normalized spacial score (nSPS) is 21.8. The molecule has 0 radical (unpaired) electrons. The summed E-state index contributed by atoms with van der Waals surface area (Å²) < 4.78 is 0. The van der Waals surface area contributed by atoms with Gasteiger partial charge in [-0.3, -0.25) is 0 Å². The van der Waals surface area contributed by atoms with Crippen LogP contribution in [0.2, 0.25) is 0 Å². The van der Waals surface area contributed by atoms with Crippen molar-refractivity contribution in [1.82, 2.24) is 5.32 Å². The van der Waals surface area contributed by atoms with Crippen molar-refractivity contribution < 1.29 is 0 Å². The highest BCUT2D eigenvalue weighted by atomic mass is 14.9. The Hall–Kier alpha value is -0.820. The zero-order valence-corrected chi connectivity index (χ0v) is 12.3. The van der Waals surface area contributed by atoms with Crippen LogP contribution >= 0.6 is 0 Å². The zero-order valence-electron chi connectivity index (χ0n) is 12.3. The maximum absolute atomic E-state index is 3.81. The molecule has 0 unspecified atom stereocenters. The maximum atomic E-state index is 3.81. The lowest BCUT2D eigenvalue weighted by molar-refractivity contribution is 0.200. The van der Waals surface area contributed by atoms with E-state index in [1.54, 1.807) is 0 Å². The SMILES string of the molecule is Cc1ccccc1[C@@H](C)NC1CCC(C)(C)CC1. The van der Waals surface area contributed by atoms with E-state index in [1.807, 2.05) is 0 Å². The average Bonchev–Trinajstić information content (AvgIpc) is 2.32. The van der Waals surface area contributed by atoms with Crippen LogP contribution in [0.15, 0.2) is 24.3 Å². The summed E-state index contributed by atoms with van der Waals surface area (Å²) in [6, 6.07) is 9.89. The molecule has 0 amide bonds. The summed E-state index contributed by atoms with van der Waals surface area (Å²) in [7, 11) is 0. The Bertz CT molecular complexity index is 384. The molecule has 0 heterocycles. The molecule has 1 fully saturated rings. The van der Waals surface area contributed by atoms with Crippen molar-refractivity contribution in [2.45, 2.75) is 65.5 Å². The van der Waals surface area contributed by atoms with E-state index in [0.29, 0.717) is 17.5 Å². The van der Waals surface area contributed by atoms with Crippen LogP contribution in [0.4, 0.5) is 0 Å². The minimum Gasteiger partial charge on any atom is -0.307 e. The Morgan fingerprint density at radius 3 is 2.39 bits per heavy atom. The number of rotatable bonds is 3. The van der Waals surface area contributed by atoms with Crippen molar-refractivity contribution in [3.63, 3.8) is 0 Å². The molecule has 1 heteroatoms. The van der Waals surface area contributed by atoms with Gasteiger partial charge in [-0.1, -0.05) is 38.1 Å². The summed E-state index contributed by atoms with van der Waals surface area (Å²) in [5.41, 5.74) is 3.40. The molecule has 1 N–H and O–H groups in total. The van der Waals surface area contributed by atoms with Gasteiger partial charge in [-0.05, 0) is 56.1 Å². The lowest BCUT2D eigenvalue weighted by Gasteiger charge is -2.36. The van der Waals surface area contributed by atoms with E-state index in [4.69, 9.17) is 0 Å². The lowest BCUT2D eigenvalue weighted by atomic mass is 9.75. The van der Waals surface area contributed by atoms with Gasteiger partial charge in [-0.2, -0.15) is 0 Å². The summed E-state index contributed by atoms with van der Waals surface area (Å²) >= 11 is 0. The summed E-state index contributed by atoms with van der Waals surface area (Å²) in [4.78, 5) is 0. The predicted octanol–water partition coefficient (Wildman–Crippen LogP) is 4.61. The van der Waals surface area contributed by atoms with Crippen LogP contribution in [0.5, 0.6) is 0 Å². The summed E-state index contributed by atoms with van der Waals surface area (Å²) in [5.74, 6) is 0. The third kappa shape index (κ3) is 3.35. The molecule has 1 aromatic rings.